The Bertz CT molecular complexity index is 692. The summed E-state index contributed by atoms with van der Waals surface area (Å²) in [6.45, 7) is 3.51. The lowest BCUT2D eigenvalue weighted by molar-refractivity contribution is -0.139. The molecular formula is C16H19N3O3. The molecule has 0 aliphatic heterocycles. The van der Waals surface area contributed by atoms with Crippen molar-refractivity contribution in [1.82, 2.24) is 15.1 Å². The van der Waals surface area contributed by atoms with E-state index < -0.39 is 17.9 Å². The minimum Gasteiger partial charge on any atom is -0.480 e. The van der Waals surface area contributed by atoms with Gasteiger partial charge in [0.1, 0.15) is 6.04 Å². The van der Waals surface area contributed by atoms with Gasteiger partial charge in [0.2, 0.25) is 0 Å². The minimum atomic E-state index is -1.06. The van der Waals surface area contributed by atoms with Crippen LogP contribution < -0.4 is 5.32 Å². The molecule has 6 nitrogen and oxygen atoms in total. The van der Waals surface area contributed by atoms with Gasteiger partial charge in [0.05, 0.1) is 11.3 Å². The summed E-state index contributed by atoms with van der Waals surface area (Å²) in [5.41, 5.74) is 2.58. The van der Waals surface area contributed by atoms with Crippen molar-refractivity contribution in [2.45, 2.75) is 26.3 Å². The highest BCUT2D eigenvalue weighted by Gasteiger charge is 2.24. The van der Waals surface area contributed by atoms with Gasteiger partial charge in [-0.1, -0.05) is 30.3 Å². The van der Waals surface area contributed by atoms with E-state index in [2.05, 4.69) is 10.4 Å². The summed E-state index contributed by atoms with van der Waals surface area (Å²) >= 11 is 0. The molecule has 1 aromatic heterocycles. The Kier molecular flexibility index (Phi) is 4.60. The second-order valence-electron chi connectivity index (χ2n) is 5.22. The Labute approximate surface area is 128 Å². The van der Waals surface area contributed by atoms with E-state index in [1.165, 1.54) is 0 Å². The summed E-state index contributed by atoms with van der Waals surface area (Å²) in [4.78, 5) is 23.8. The molecule has 0 saturated carbocycles. The molecule has 6 heteroatoms. The van der Waals surface area contributed by atoms with Crippen molar-refractivity contribution in [1.29, 1.82) is 0 Å². The van der Waals surface area contributed by atoms with Crippen molar-refractivity contribution >= 4 is 11.9 Å². The van der Waals surface area contributed by atoms with Gasteiger partial charge in [0, 0.05) is 19.2 Å². The van der Waals surface area contributed by atoms with Crippen molar-refractivity contribution in [2.75, 3.05) is 0 Å². The van der Waals surface area contributed by atoms with E-state index in [9.17, 15) is 14.7 Å². The summed E-state index contributed by atoms with van der Waals surface area (Å²) in [6.07, 6.45) is 0.236. The number of carbonyl (C=O) groups is 2. The molecule has 2 N–H and O–H groups in total. The van der Waals surface area contributed by atoms with Gasteiger partial charge in [0.15, 0.2) is 0 Å². The van der Waals surface area contributed by atoms with Crippen LogP contribution in [0, 0.1) is 13.8 Å². The largest absolute Gasteiger partial charge is 0.480 e. The number of carboxylic acids is 1. The summed E-state index contributed by atoms with van der Waals surface area (Å²) in [5.74, 6) is -1.47. The first-order valence-corrected chi connectivity index (χ1v) is 6.98. The average Bonchev–Trinajstić information content (AvgIpc) is 2.72. The first-order valence-electron chi connectivity index (χ1n) is 6.98. The number of aryl methyl sites for hydroxylation is 2. The molecule has 1 aromatic carbocycles. The maximum Gasteiger partial charge on any atom is 0.326 e. The number of rotatable bonds is 5. The molecule has 22 heavy (non-hydrogen) atoms. The maximum absolute atomic E-state index is 12.4. The number of benzene rings is 1. The number of hydrogen-bond acceptors (Lipinski definition) is 3. The number of carbonyl (C=O) groups excluding carboxylic acids is 1. The number of aromatic nitrogens is 2. The SMILES string of the molecule is Cc1nn(C)c(C)c1C(=O)N[C@@H](Cc1ccccc1)C(=O)O. The van der Waals surface area contributed by atoms with Crippen LogP contribution >= 0.6 is 0 Å². The average molecular weight is 301 g/mol. The fraction of sp³-hybridized carbons (Fsp3) is 0.312. The normalized spacial score (nSPS) is 12.0. The fourth-order valence-electron chi connectivity index (χ4n) is 2.38. The molecule has 0 aliphatic rings. The summed E-state index contributed by atoms with van der Waals surface area (Å²) < 4.78 is 1.61. The van der Waals surface area contributed by atoms with Crippen LogP contribution in [0.2, 0.25) is 0 Å². The van der Waals surface area contributed by atoms with Crippen molar-refractivity contribution in [3.05, 3.63) is 52.8 Å². The Balaban J connectivity index is 2.17. The molecule has 0 spiro atoms. The van der Waals surface area contributed by atoms with Crippen LogP contribution in [0.5, 0.6) is 0 Å². The number of aliphatic carboxylic acids is 1. The standard InChI is InChI=1S/C16H19N3O3/c1-10-14(11(2)19(3)18-10)15(20)17-13(16(21)22)9-12-7-5-4-6-8-12/h4-8,13H,9H2,1-3H3,(H,17,20)(H,21,22)/t13-/m0/s1. The molecule has 0 saturated heterocycles. The molecular weight excluding hydrogens is 282 g/mol. The first kappa shape index (κ1) is 15.8. The number of amides is 1. The lowest BCUT2D eigenvalue weighted by Crippen LogP contribution is -2.42. The van der Waals surface area contributed by atoms with Crippen LogP contribution in [0.4, 0.5) is 0 Å². The van der Waals surface area contributed by atoms with Gasteiger partial charge < -0.3 is 10.4 Å². The minimum absolute atomic E-state index is 0.236. The zero-order chi connectivity index (χ0) is 16.3. The van der Waals surface area contributed by atoms with Gasteiger partial charge in [0.25, 0.3) is 5.91 Å². The highest BCUT2D eigenvalue weighted by atomic mass is 16.4. The van der Waals surface area contributed by atoms with Gasteiger partial charge in [-0.3, -0.25) is 9.48 Å². The van der Waals surface area contributed by atoms with Crippen molar-refractivity contribution in [2.24, 2.45) is 7.05 Å². The second kappa shape index (κ2) is 6.43. The van der Waals surface area contributed by atoms with Crippen LogP contribution in [0.3, 0.4) is 0 Å². The number of hydrogen-bond donors (Lipinski definition) is 2. The molecule has 0 aliphatic carbocycles. The third-order valence-corrected chi connectivity index (χ3v) is 3.62. The Hall–Kier alpha value is -2.63. The molecule has 2 rings (SSSR count). The molecule has 116 valence electrons. The third-order valence-electron chi connectivity index (χ3n) is 3.62. The second-order valence-corrected chi connectivity index (χ2v) is 5.22. The highest BCUT2D eigenvalue weighted by molar-refractivity contribution is 5.98. The third kappa shape index (κ3) is 3.33. The van der Waals surface area contributed by atoms with E-state index in [4.69, 9.17) is 0 Å². The zero-order valence-corrected chi connectivity index (χ0v) is 12.8. The van der Waals surface area contributed by atoms with E-state index in [1.807, 2.05) is 30.3 Å². The zero-order valence-electron chi connectivity index (χ0n) is 12.8. The lowest BCUT2D eigenvalue weighted by atomic mass is 10.1. The van der Waals surface area contributed by atoms with Crippen LogP contribution in [0.1, 0.15) is 27.3 Å². The Morgan fingerprint density at radius 1 is 1.27 bits per heavy atom. The van der Waals surface area contributed by atoms with E-state index in [-0.39, 0.29) is 6.42 Å². The molecule has 0 fully saturated rings. The fourth-order valence-corrected chi connectivity index (χ4v) is 2.38. The molecule has 0 unspecified atom stereocenters. The molecule has 2 aromatic rings. The van der Waals surface area contributed by atoms with Crippen LogP contribution in [-0.2, 0) is 18.3 Å². The van der Waals surface area contributed by atoms with Crippen LogP contribution in [-0.4, -0.2) is 32.8 Å². The van der Waals surface area contributed by atoms with E-state index in [0.717, 1.165) is 5.56 Å². The summed E-state index contributed by atoms with van der Waals surface area (Å²) in [6, 6.07) is 8.23. The molecule has 0 bridgehead atoms. The van der Waals surface area contributed by atoms with Crippen molar-refractivity contribution in [3.63, 3.8) is 0 Å². The number of nitrogens with one attached hydrogen (secondary N) is 1. The molecule has 1 atom stereocenters. The Morgan fingerprint density at radius 2 is 1.91 bits per heavy atom. The smallest absolute Gasteiger partial charge is 0.326 e. The van der Waals surface area contributed by atoms with Crippen molar-refractivity contribution in [3.8, 4) is 0 Å². The molecule has 1 amide bonds. The van der Waals surface area contributed by atoms with Crippen LogP contribution in [0.25, 0.3) is 0 Å². The predicted molar refractivity (Wildman–Crippen MR) is 81.7 cm³/mol. The van der Waals surface area contributed by atoms with Gasteiger partial charge >= 0.3 is 5.97 Å². The lowest BCUT2D eigenvalue weighted by Gasteiger charge is -2.15. The summed E-state index contributed by atoms with van der Waals surface area (Å²) in [7, 11) is 1.75. The van der Waals surface area contributed by atoms with Gasteiger partial charge in [-0.2, -0.15) is 5.10 Å². The predicted octanol–water partition coefficient (Wildman–Crippen LogP) is 1.46. The monoisotopic (exact) mass is 301 g/mol. The van der Waals surface area contributed by atoms with Crippen molar-refractivity contribution < 1.29 is 14.7 Å². The van der Waals surface area contributed by atoms with Gasteiger partial charge in [-0.25, -0.2) is 4.79 Å². The van der Waals surface area contributed by atoms with E-state index in [0.29, 0.717) is 17.0 Å². The van der Waals surface area contributed by atoms with E-state index >= 15 is 0 Å². The maximum atomic E-state index is 12.4. The summed E-state index contributed by atoms with van der Waals surface area (Å²) in [5, 5.41) is 16.1. The Morgan fingerprint density at radius 3 is 2.41 bits per heavy atom. The highest BCUT2D eigenvalue weighted by Crippen LogP contribution is 2.12. The molecule has 1 heterocycles. The van der Waals surface area contributed by atoms with Gasteiger partial charge in [-0.05, 0) is 19.4 Å². The molecule has 0 radical (unpaired) electrons. The number of nitrogens with zero attached hydrogens (tertiary/aromatic N) is 2. The van der Waals surface area contributed by atoms with Crippen LogP contribution in [0.15, 0.2) is 30.3 Å². The first-order chi connectivity index (χ1) is 10.4. The quantitative estimate of drug-likeness (QED) is 0.875. The van der Waals surface area contributed by atoms with E-state index in [1.54, 1.807) is 25.6 Å². The number of carboxylic acid groups (broad SMARTS) is 1. The topological polar surface area (TPSA) is 84.2 Å². The van der Waals surface area contributed by atoms with Gasteiger partial charge in [-0.15, -0.1) is 0 Å².